The molecule has 0 unspecified atom stereocenters. The Morgan fingerprint density at radius 1 is 1.12 bits per heavy atom. The van der Waals surface area contributed by atoms with Gasteiger partial charge in [0.05, 0.1) is 11.9 Å². The van der Waals surface area contributed by atoms with Crippen molar-refractivity contribution in [2.75, 3.05) is 26.2 Å². The van der Waals surface area contributed by atoms with E-state index in [2.05, 4.69) is 20.9 Å². The van der Waals surface area contributed by atoms with Gasteiger partial charge in [-0.15, -0.1) is 0 Å². The third-order valence-corrected chi connectivity index (χ3v) is 6.76. The number of aryl methyl sites for hydroxylation is 1. The summed E-state index contributed by atoms with van der Waals surface area (Å²) < 4.78 is 40.9. The largest absolute Gasteiger partial charge is 0.416 e. The number of nitrogens with zero attached hydrogens (tertiary/aromatic N) is 3. The first-order valence-electron chi connectivity index (χ1n) is 13.1. The lowest BCUT2D eigenvalue weighted by atomic mass is 10.0. The molecule has 12 heteroatoms. The van der Waals surface area contributed by atoms with Crippen LogP contribution < -0.4 is 22.5 Å². The Balaban J connectivity index is 0.00000141. The molecule has 2 aromatic carbocycles. The molecular weight excluding hydrogens is 521 g/mol. The van der Waals surface area contributed by atoms with Gasteiger partial charge in [-0.1, -0.05) is 24.3 Å². The van der Waals surface area contributed by atoms with Crippen LogP contribution in [0.2, 0.25) is 0 Å². The molecule has 3 aromatic rings. The highest BCUT2D eigenvalue weighted by Crippen LogP contribution is 2.30. The number of nitrogens with one attached hydrogen (secondary N) is 2. The molecule has 2 heterocycles. The molecule has 1 aromatic heterocycles. The maximum Gasteiger partial charge on any atom is 0.416 e. The molecule has 1 aliphatic rings. The number of amides is 1. The average molecular weight is 559 g/mol. The molecule has 0 saturated carbocycles. The quantitative estimate of drug-likeness (QED) is 0.163. The summed E-state index contributed by atoms with van der Waals surface area (Å²) in [5.41, 5.74) is 17.5. The molecule has 216 valence electrons. The summed E-state index contributed by atoms with van der Waals surface area (Å²) in [5.74, 6) is -0.0701. The number of fused-ring (bicyclic) bond motifs is 1. The number of hydrogen-bond donors (Lipinski definition) is 5. The van der Waals surface area contributed by atoms with Gasteiger partial charge in [0.25, 0.3) is 5.91 Å². The highest BCUT2D eigenvalue weighted by atomic mass is 19.4. The second-order valence-electron chi connectivity index (χ2n) is 9.79. The van der Waals surface area contributed by atoms with E-state index in [0.717, 1.165) is 73.8 Å². The molecule has 8 N–H and O–H groups in total. The van der Waals surface area contributed by atoms with Crippen LogP contribution in [0.4, 0.5) is 13.2 Å². The van der Waals surface area contributed by atoms with Gasteiger partial charge in [-0.3, -0.25) is 15.2 Å². The number of rotatable bonds is 8. The third-order valence-electron chi connectivity index (χ3n) is 6.76. The second kappa shape index (κ2) is 13.8. The minimum Gasteiger partial charge on any atom is -0.390 e. The van der Waals surface area contributed by atoms with Crippen molar-refractivity contribution in [3.63, 3.8) is 0 Å². The SMILES string of the molecule is Cc1ccc2cc(C(=O)NC3CCN(CCCN=C(N)N)CC3)n(Cc3ccc(C(F)(F)F)cc3)c2c1.N=CN. The van der Waals surface area contributed by atoms with E-state index < -0.39 is 11.7 Å². The first kappa shape index (κ1) is 30.5. The van der Waals surface area contributed by atoms with Gasteiger partial charge in [-0.25, -0.2) is 0 Å². The summed E-state index contributed by atoms with van der Waals surface area (Å²) in [7, 11) is 0. The number of benzene rings is 2. The minimum atomic E-state index is -4.39. The molecule has 0 radical (unpaired) electrons. The van der Waals surface area contributed by atoms with Gasteiger partial charge in [0.2, 0.25) is 0 Å². The number of nitrogens with two attached hydrogens (primary N) is 3. The van der Waals surface area contributed by atoms with Gasteiger partial charge >= 0.3 is 6.18 Å². The van der Waals surface area contributed by atoms with Gasteiger partial charge < -0.3 is 32.0 Å². The number of alkyl halides is 3. The third kappa shape index (κ3) is 8.47. The number of carbonyl (C=O) groups is 1. The highest BCUT2D eigenvalue weighted by molar-refractivity contribution is 5.99. The van der Waals surface area contributed by atoms with Crippen LogP contribution in [0.3, 0.4) is 0 Å². The minimum absolute atomic E-state index is 0.0562. The van der Waals surface area contributed by atoms with Gasteiger partial charge in [0.1, 0.15) is 5.69 Å². The molecule has 1 aliphatic heterocycles. The smallest absolute Gasteiger partial charge is 0.390 e. The normalized spacial score (nSPS) is 14.3. The zero-order valence-corrected chi connectivity index (χ0v) is 22.5. The number of hydrogen-bond acceptors (Lipinski definition) is 4. The van der Waals surface area contributed by atoms with Crippen LogP contribution in [0, 0.1) is 12.3 Å². The fourth-order valence-electron chi connectivity index (χ4n) is 4.77. The Morgan fingerprint density at radius 3 is 2.38 bits per heavy atom. The molecule has 0 aliphatic carbocycles. The summed E-state index contributed by atoms with van der Waals surface area (Å²) in [6, 6.07) is 12.9. The summed E-state index contributed by atoms with van der Waals surface area (Å²) in [5, 5.41) is 9.95. The van der Waals surface area contributed by atoms with E-state index in [0.29, 0.717) is 24.3 Å². The summed E-state index contributed by atoms with van der Waals surface area (Å²) in [6.45, 7) is 5.52. The zero-order chi connectivity index (χ0) is 29.3. The van der Waals surface area contributed by atoms with Crippen LogP contribution in [-0.2, 0) is 12.7 Å². The Labute approximate surface area is 231 Å². The van der Waals surface area contributed by atoms with Crippen molar-refractivity contribution < 1.29 is 18.0 Å². The van der Waals surface area contributed by atoms with Crippen molar-refractivity contribution in [2.45, 2.75) is 44.9 Å². The molecule has 0 bridgehead atoms. The molecule has 4 rings (SSSR count). The van der Waals surface area contributed by atoms with Crippen LogP contribution in [0.5, 0.6) is 0 Å². The molecule has 1 fully saturated rings. The number of piperidine rings is 1. The number of aliphatic imine (C=N–C) groups is 1. The molecule has 40 heavy (non-hydrogen) atoms. The van der Waals surface area contributed by atoms with Crippen molar-refractivity contribution in [1.29, 1.82) is 5.41 Å². The van der Waals surface area contributed by atoms with E-state index in [-0.39, 0.29) is 17.9 Å². The average Bonchev–Trinajstić information content (AvgIpc) is 3.25. The molecule has 1 saturated heterocycles. The Morgan fingerprint density at radius 2 is 1.77 bits per heavy atom. The summed E-state index contributed by atoms with van der Waals surface area (Å²) in [4.78, 5) is 19.7. The number of carbonyl (C=O) groups excluding carboxylic acids is 1. The van der Waals surface area contributed by atoms with Gasteiger partial charge in [-0.2, -0.15) is 13.2 Å². The predicted octanol–water partition coefficient (Wildman–Crippen LogP) is 3.43. The van der Waals surface area contributed by atoms with Crippen molar-refractivity contribution in [1.82, 2.24) is 14.8 Å². The van der Waals surface area contributed by atoms with Crippen LogP contribution in [0.1, 0.15) is 46.4 Å². The Kier molecular flexibility index (Phi) is 10.5. The maximum atomic E-state index is 13.4. The standard InChI is InChI=1S/C27H33F3N6O.CH4N2/c1-18-3-6-20-16-24(25(37)34-22-9-13-35(14-10-22)12-2-11-33-26(31)32)36(23(20)15-18)17-19-4-7-21(8-5-19)27(28,29)30;2-1-3/h3-8,15-16,22H,2,9-14,17H2,1H3,(H,34,37)(H4,31,32,33);1H,(H3,2,3). The van der Waals surface area contributed by atoms with Crippen LogP contribution in [-0.4, -0.2) is 59.9 Å². The van der Waals surface area contributed by atoms with Gasteiger partial charge in [0, 0.05) is 43.1 Å². The van der Waals surface area contributed by atoms with E-state index in [4.69, 9.17) is 16.9 Å². The van der Waals surface area contributed by atoms with E-state index in [1.165, 1.54) is 12.1 Å². The fraction of sp³-hybridized carbons (Fsp3) is 0.393. The molecule has 0 atom stereocenters. The molecule has 9 nitrogen and oxygen atoms in total. The summed E-state index contributed by atoms with van der Waals surface area (Å²) in [6.07, 6.45) is -1.08. The highest BCUT2D eigenvalue weighted by Gasteiger charge is 2.30. The van der Waals surface area contributed by atoms with Crippen molar-refractivity contribution >= 4 is 29.1 Å². The van der Waals surface area contributed by atoms with E-state index in [9.17, 15) is 18.0 Å². The van der Waals surface area contributed by atoms with E-state index >= 15 is 0 Å². The maximum absolute atomic E-state index is 13.4. The number of guanidine groups is 1. The van der Waals surface area contributed by atoms with Crippen molar-refractivity contribution in [3.05, 3.63) is 70.9 Å². The predicted molar refractivity (Wildman–Crippen MR) is 152 cm³/mol. The summed E-state index contributed by atoms with van der Waals surface area (Å²) >= 11 is 0. The Bertz CT molecular complexity index is 1310. The lowest BCUT2D eigenvalue weighted by molar-refractivity contribution is -0.137. The zero-order valence-electron chi connectivity index (χ0n) is 22.5. The van der Waals surface area contributed by atoms with Crippen molar-refractivity contribution in [2.24, 2.45) is 22.2 Å². The molecule has 0 spiro atoms. The fourth-order valence-corrected chi connectivity index (χ4v) is 4.77. The lowest BCUT2D eigenvalue weighted by Crippen LogP contribution is -2.45. The van der Waals surface area contributed by atoms with Gasteiger partial charge in [-0.05, 0) is 68.1 Å². The van der Waals surface area contributed by atoms with E-state index in [1.807, 2.05) is 35.8 Å². The molecular formula is C28H37F3N8O. The number of halogens is 3. The second-order valence-corrected chi connectivity index (χ2v) is 9.79. The first-order chi connectivity index (χ1) is 19.0. The number of aromatic nitrogens is 1. The Hall–Kier alpha value is -4.06. The topological polar surface area (TPSA) is 152 Å². The van der Waals surface area contributed by atoms with Crippen LogP contribution in [0.25, 0.3) is 10.9 Å². The monoisotopic (exact) mass is 558 g/mol. The van der Waals surface area contributed by atoms with Crippen LogP contribution >= 0.6 is 0 Å². The van der Waals surface area contributed by atoms with E-state index in [1.54, 1.807) is 0 Å². The number of likely N-dealkylation sites (tertiary alicyclic amines) is 1. The van der Waals surface area contributed by atoms with Gasteiger partial charge in [0.15, 0.2) is 5.96 Å². The first-order valence-corrected chi connectivity index (χ1v) is 13.1. The van der Waals surface area contributed by atoms with Crippen molar-refractivity contribution in [3.8, 4) is 0 Å². The van der Waals surface area contributed by atoms with Crippen LogP contribution in [0.15, 0.2) is 53.5 Å². The lowest BCUT2D eigenvalue weighted by Gasteiger charge is -2.32. The molecule has 1 amide bonds.